The maximum atomic E-state index is 12.0. The molecule has 0 aliphatic carbocycles. The van der Waals surface area contributed by atoms with Crippen LogP contribution in [-0.4, -0.2) is 25.7 Å². The summed E-state index contributed by atoms with van der Waals surface area (Å²) in [4.78, 5) is 0. The van der Waals surface area contributed by atoms with Gasteiger partial charge < -0.3 is 9.52 Å². The third-order valence-corrected chi connectivity index (χ3v) is 5.72. The minimum atomic E-state index is -3.66. The molecule has 20 heavy (non-hydrogen) atoms. The SMILES string of the molecule is CC(O)(CNS(=O)(=O)c1ccc(Cl)s1)Cc1ccco1. The van der Waals surface area contributed by atoms with Gasteiger partial charge in [0, 0.05) is 13.0 Å². The summed E-state index contributed by atoms with van der Waals surface area (Å²) < 4.78 is 32.0. The van der Waals surface area contributed by atoms with E-state index in [4.69, 9.17) is 16.0 Å². The Kier molecular flexibility index (Phi) is 4.55. The minimum Gasteiger partial charge on any atom is -0.469 e. The number of thiophene rings is 1. The Morgan fingerprint density at radius 1 is 1.45 bits per heavy atom. The van der Waals surface area contributed by atoms with E-state index in [0.717, 1.165) is 11.3 Å². The summed E-state index contributed by atoms with van der Waals surface area (Å²) in [6.07, 6.45) is 1.72. The van der Waals surface area contributed by atoms with Crippen molar-refractivity contribution in [3.8, 4) is 0 Å². The lowest BCUT2D eigenvalue weighted by Gasteiger charge is -2.22. The van der Waals surface area contributed by atoms with Gasteiger partial charge in [-0.05, 0) is 31.2 Å². The number of sulfonamides is 1. The van der Waals surface area contributed by atoms with Gasteiger partial charge in [-0.15, -0.1) is 11.3 Å². The fourth-order valence-corrected chi connectivity index (χ4v) is 4.30. The predicted octanol–water partition coefficient (Wildman–Crippen LogP) is 2.27. The smallest absolute Gasteiger partial charge is 0.250 e. The van der Waals surface area contributed by atoms with Gasteiger partial charge in [0.15, 0.2) is 0 Å². The van der Waals surface area contributed by atoms with Crippen molar-refractivity contribution in [3.63, 3.8) is 0 Å². The molecule has 2 N–H and O–H groups in total. The fraction of sp³-hybridized carbons (Fsp3) is 0.333. The van der Waals surface area contributed by atoms with Crippen molar-refractivity contribution in [2.45, 2.75) is 23.2 Å². The van der Waals surface area contributed by atoms with Gasteiger partial charge >= 0.3 is 0 Å². The van der Waals surface area contributed by atoms with E-state index < -0.39 is 15.6 Å². The molecule has 0 bridgehead atoms. The number of rotatable bonds is 6. The predicted molar refractivity (Wildman–Crippen MR) is 77.6 cm³/mol. The summed E-state index contributed by atoms with van der Waals surface area (Å²) in [5, 5.41) is 10.2. The molecule has 0 saturated carbocycles. The number of hydrogen-bond acceptors (Lipinski definition) is 5. The van der Waals surface area contributed by atoms with Crippen LogP contribution in [-0.2, 0) is 16.4 Å². The van der Waals surface area contributed by atoms with Crippen LogP contribution in [0.25, 0.3) is 0 Å². The quantitative estimate of drug-likeness (QED) is 0.848. The highest BCUT2D eigenvalue weighted by molar-refractivity contribution is 7.91. The van der Waals surface area contributed by atoms with E-state index in [0.29, 0.717) is 10.1 Å². The molecule has 0 spiro atoms. The van der Waals surface area contributed by atoms with E-state index in [9.17, 15) is 13.5 Å². The molecule has 8 heteroatoms. The zero-order chi connectivity index (χ0) is 14.8. The number of aliphatic hydroxyl groups is 1. The second kappa shape index (κ2) is 5.87. The highest BCUT2D eigenvalue weighted by Crippen LogP contribution is 2.25. The molecule has 0 aliphatic heterocycles. The molecule has 110 valence electrons. The Hall–Kier alpha value is -0.860. The van der Waals surface area contributed by atoms with Crippen LogP contribution in [0.4, 0.5) is 0 Å². The topological polar surface area (TPSA) is 79.5 Å². The Bertz CT molecular complexity index is 661. The number of nitrogens with one attached hydrogen (secondary N) is 1. The van der Waals surface area contributed by atoms with E-state index in [1.807, 2.05) is 0 Å². The lowest BCUT2D eigenvalue weighted by atomic mass is 10.0. The Balaban J connectivity index is 2.00. The lowest BCUT2D eigenvalue weighted by Crippen LogP contribution is -2.41. The van der Waals surface area contributed by atoms with Crippen LogP contribution in [0, 0.1) is 0 Å². The van der Waals surface area contributed by atoms with Gasteiger partial charge in [0.25, 0.3) is 0 Å². The van der Waals surface area contributed by atoms with E-state index in [2.05, 4.69) is 4.72 Å². The van der Waals surface area contributed by atoms with Gasteiger partial charge in [0.05, 0.1) is 16.2 Å². The average molecular weight is 336 g/mol. The van der Waals surface area contributed by atoms with Crippen LogP contribution in [0.3, 0.4) is 0 Å². The first-order valence-corrected chi connectivity index (χ1v) is 8.46. The molecule has 1 unspecified atom stereocenters. The fourth-order valence-electron chi connectivity index (χ4n) is 1.61. The Morgan fingerprint density at radius 2 is 2.20 bits per heavy atom. The molecule has 2 aromatic rings. The van der Waals surface area contributed by atoms with Crippen molar-refractivity contribution in [2.24, 2.45) is 0 Å². The third kappa shape index (κ3) is 4.07. The van der Waals surface area contributed by atoms with Crippen molar-refractivity contribution in [3.05, 3.63) is 40.6 Å². The highest BCUT2D eigenvalue weighted by atomic mass is 35.5. The largest absolute Gasteiger partial charge is 0.469 e. The molecule has 0 aromatic carbocycles. The summed E-state index contributed by atoms with van der Waals surface area (Å²) in [5.41, 5.74) is -1.24. The first-order chi connectivity index (χ1) is 9.28. The average Bonchev–Trinajstić information content (AvgIpc) is 2.98. The van der Waals surface area contributed by atoms with Crippen LogP contribution in [0.15, 0.2) is 39.2 Å². The number of halogens is 1. The molecule has 0 fully saturated rings. The molecule has 0 radical (unpaired) electrons. The third-order valence-electron chi connectivity index (χ3n) is 2.59. The molecule has 0 aliphatic rings. The number of hydrogen-bond donors (Lipinski definition) is 2. The van der Waals surface area contributed by atoms with E-state index in [1.165, 1.54) is 18.4 Å². The summed E-state index contributed by atoms with van der Waals surface area (Å²) >= 11 is 6.68. The normalized spacial score (nSPS) is 15.2. The Labute approximate surface area is 126 Å². The second-order valence-corrected chi connectivity index (χ2v) is 8.35. The molecule has 5 nitrogen and oxygen atoms in total. The second-order valence-electron chi connectivity index (χ2n) is 4.64. The van der Waals surface area contributed by atoms with Crippen molar-refractivity contribution in [2.75, 3.05) is 6.54 Å². The van der Waals surface area contributed by atoms with Crippen LogP contribution in [0.1, 0.15) is 12.7 Å². The van der Waals surface area contributed by atoms with Crippen LogP contribution < -0.4 is 4.72 Å². The van der Waals surface area contributed by atoms with Crippen LogP contribution in [0.2, 0.25) is 4.34 Å². The molecular formula is C12H14ClNO4S2. The zero-order valence-electron chi connectivity index (χ0n) is 10.7. The van der Waals surface area contributed by atoms with E-state index in [-0.39, 0.29) is 17.2 Å². The molecule has 0 amide bonds. The molecule has 2 aromatic heterocycles. The van der Waals surface area contributed by atoms with E-state index in [1.54, 1.807) is 19.1 Å². The molecule has 1 atom stereocenters. The van der Waals surface area contributed by atoms with Gasteiger partial charge in [-0.2, -0.15) is 0 Å². The summed E-state index contributed by atoms with van der Waals surface area (Å²) in [7, 11) is -3.66. The summed E-state index contributed by atoms with van der Waals surface area (Å²) in [6.45, 7) is 1.42. The van der Waals surface area contributed by atoms with Gasteiger partial charge in [-0.3, -0.25) is 0 Å². The summed E-state index contributed by atoms with van der Waals surface area (Å²) in [6, 6.07) is 6.38. The van der Waals surface area contributed by atoms with Gasteiger partial charge in [-0.1, -0.05) is 11.6 Å². The standard InChI is InChI=1S/C12H14ClNO4S2/c1-12(15,7-9-3-2-6-18-9)8-14-20(16,17)11-5-4-10(13)19-11/h2-6,14-15H,7-8H2,1H3. The summed E-state index contributed by atoms with van der Waals surface area (Å²) in [5.74, 6) is 0.591. The Morgan fingerprint density at radius 3 is 2.75 bits per heavy atom. The minimum absolute atomic E-state index is 0.119. The van der Waals surface area contributed by atoms with Gasteiger partial charge in [0.2, 0.25) is 10.0 Å². The molecule has 2 rings (SSSR count). The maximum absolute atomic E-state index is 12.0. The molecule has 2 heterocycles. The molecular weight excluding hydrogens is 322 g/mol. The highest BCUT2D eigenvalue weighted by Gasteiger charge is 2.26. The van der Waals surface area contributed by atoms with E-state index >= 15 is 0 Å². The first-order valence-electron chi connectivity index (χ1n) is 5.78. The van der Waals surface area contributed by atoms with Crippen molar-refractivity contribution >= 4 is 33.0 Å². The van der Waals surface area contributed by atoms with Crippen molar-refractivity contribution < 1.29 is 17.9 Å². The lowest BCUT2D eigenvalue weighted by molar-refractivity contribution is 0.0603. The van der Waals surface area contributed by atoms with Gasteiger partial charge in [0.1, 0.15) is 9.97 Å². The van der Waals surface area contributed by atoms with Crippen LogP contribution in [0.5, 0.6) is 0 Å². The van der Waals surface area contributed by atoms with Crippen molar-refractivity contribution in [1.82, 2.24) is 4.72 Å². The maximum Gasteiger partial charge on any atom is 0.250 e. The monoisotopic (exact) mass is 335 g/mol. The van der Waals surface area contributed by atoms with Crippen molar-refractivity contribution in [1.29, 1.82) is 0 Å². The molecule has 0 saturated heterocycles. The zero-order valence-corrected chi connectivity index (χ0v) is 13.1. The number of furan rings is 1. The first kappa shape index (κ1) is 15.5. The van der Waals surface area contributed by atoms with Gasteiger partial charge in [-0.25, -0.2) is 13.1 Å². The van der Waals surface area contributed by atoms with Crippen LogP contribution >= 0.6 is 22.9 Å².